The van der Waals surface area contributed by atoms with Gasteiger partial charge in [-0.25, -0.2) is 0 Å². The SMILES string of the molecule is Cc1ccccc1CN1CCN(C(=O)/C=C/c2ccc(OCC(N)=O)cc2)CC1. The highest BCUT2D eigenvalue weighted by atomic mass is 16.5. The number of rotatable bonds is 7. The molecule has 2 aromatic carbocycles. The molecule has 0 unspecified atom stereocenters. The average Bonchev–Trinajstić information content (AvgIpc) is 2.73. The molecule has 1 aliphatic heterocycles. The number of hydrogen-bond donors (Lipinski definition) is 1. The summed E-state index contributed by atoms with van der Waals surface area (Å²) < 4.78 is 5.22. The van der Waals surface area contributed by atoms with Crippen molar-refractivity contribution in [1.82, 2.24) is 9.80 Å². The van der Waals surface area contributed by atoms with Crippen LogP contribution in [0.5, 0.6) is 5.75 Å². The normalized spacial score (nSPS) is 14.9. The van der Waals surface area contributed by atoms with Crippen LogP contribution in [0.25, 0.3) is 6.08 Å². The number of nitrogens with zero attached hydrogens (tertiary/aromatic N) is 2. The summed E-state index contributed by atoms with van der Waals surface area (Å²) in [6.07, 6.45) is 3.40. The van der Waals surface area contributed by atoms with E-state index in [9.17, 15) is 9.59 Å². The zero-order valence-electron chi connectivity index (χ0n) is 16.7. The third-order valence-corrected chi connectivity index (χ3v) is 5.02. The molecule has 6 nitrogen and oxygen atoms in total. The number of nitrogens with two attached hydrogens (primary N) is 1. The van der Waals surface area contributed by atoms with Gasteiger partial charge in [-0.15, -0.1) is 0 Å². The molecule has 3 rings (SSSR count). The molecular formula is C23H27N3O3. The number of aryl methyl sites for hydroxylation is 1. The first-order chi connectivity index (χ1) is 14.0. The Hall–Kier alpha value is -3.12. The second kappa shape index (κ2) is 9.89. The fourth-order valence-electron chi connectivity index (χ4n) is 3.26. The van der Waals surface area contributed by atoms with E-state index in [2.05, 4.69) is 36.1 Å². The molecule has 0 saturated carbocycles. The smallest absolute Gasteiger partial charge is 0.255 e. The molecule has 0 atom stereocenters. The summed E-state index contributed by atoms with van der Waals surface area (Å²) >= 11 is 0. The molecule has 1 saturated heterocycles. The molecule has 1 fully saturated rings. The van der Waals surface area contributed by atoms with Crippen molar-refractivity contribution in [2.45, 2.75) is 13.5 Å². The number of ether oxygens (including phenoxy) is 1. The lowest BCUT2D eigenvalue weighted by atomic mass is 10.1. The third-order valence-electron chi connectivity index (χ3n) is 5.02. The number of benzene rings is 2. The number of carbonyl (C=O) groups is 2. The van der Waals surface area contributed by atoms with Gasteiger partial charge in [-0.05, 0) is 41.8 Å². The van der Waals surface area contributed by atoms with Crippen LogP contribution in [-0.2, 0) is 16.1 Å². The van der Waals surface area contributed by atoms with Gasteiger partial charge in [0.15, 0.2) is 6.61 Å². The number of primary amides is 1. The molecule has 152 valence electrons. The van der Waals surface area contributed by atoms with Crippen LogP contribution in [0.2, 0.25) is 0 Å². The molecule has 2 aromatic rings. The summed E-state index contributed by atoms with van der Waals surface area (Å²) in [5.41, 5.74) is 8.60. The Morgan fingerprint density at radius 2 is 1.72 bits per heavy atom. The summed E-state index contributed by atoms with van der Waals surface area (Å²) in [6, 6.07) is 15.6. The summed E-state index contributed by atoms with van der Waals surface area (Å²) in [5, 5.41) is 0. The van der Waals surface area contributed by atoms with Crippen LogP contribution in [0.15, 0.2) is 54.6 Å². The Kier molecular flexibility index (Phi) is 7.03. The number of piperazine rings is 1. The predicted octanol–water partition coefficient (Wildman–Crippen LogP) is 2.22. The molecular weight excluding hydrogens is 366 g/mol. The third kappa shape index (κ3) is 6.19. The largest absolute Gasteiger partial charge is 0.484 e. The van der Waals surface area contributed by atoms with Crippen LogP contribution in [0.1, 0.15) is 16.7 Å². The van der Waals surface area contributed by atoms with Crippen LogP contribution in [-0.4, -0.2) is 54.4 Å². The minimum Gasteiger partial charge on any atom is -0.484 e. The van der Waals surface area contributed by atoms with Crippen molar-refractivity contribution in [3.05, 3.63) is 71.3 Å². The van der Waals surface area contributed by atoms with Gasteiger partial charge < -0.3 is 15.4 Å². The first-order valence-electron chi connectivity index (χ1n) is 9.76. The fraction of sp³-hybridized carbons (Fsp3) is 0.304. The molecule has 2 amide bonds. The molecule has 0 aliphatic carbocycles. The van der Waals surface area contributed by atoms with Gasteiger partial charge in [-0.1, -0.05) is 36.4 Å². The Bertz CT molecular complexity index is 869. The molecule has 0 radical (unpaired) electrons. The van der Waals surface area contributed by atoms with E-state index in [4.69, 9.17) is 10.5 Å². The lowest BCUT2D eigenvalue weighted by Gasteiger charge is -2.34. The monoisotopic (exact) mass is 393 g/mol. The van der Waals surface area contributed by atoms with Crippen LogP contribution < -0.4 is 10.5 Å². The van der Waals surface area contributed by atoms with E-state index in [0.717, 1.165) is 38.3 Å². The number of hydrogen-bond acceptors (Lipinski definition) is 4. The van der Waals surface area contributed by atoms with Crippen molar-refractivity contribution in [2.75, 3.05) is 32.8 Å². The van der Waals surface area contributed by atoms with Crippen LogP contribution >= 0.6 is 0 Å². The van der Waals surface area contributed by atoms with Crippen LogP contribution in [0.3, 0.4) is 0 Å². The molecule has 29 heavy (non-hydrogen) atoms. The highest BCUT2D eigenvalue weighted by molar-refractivity contribution is 5.91. The predicted molar refractivity (Wildman–Crippen MR) is 113 cm³/mol. The van der Waals surface area contributed by atoms with Gasteiger partial charge in [-0.2, -0.15) is 0 Å². The van der Waals surface area contributed by atoms with Crippen LogP contribution in [0, 0.1) is 6.92 Å². The van der Waals surface area contributed by atoms with Gasteiger partial charge in [0.05, 0.1) is 0 Å². The molecule has 1 heterocycles. The maximum atomic E-state index is 12.5. The van der Waals surface area contributed by atoms with Gasteiger partial charge in [0.25, 0.3) is 5.91 Å². The van der Waals surface area contributed by atoms with Gasteiger partial charge in [0, 0.05) is 38.8 Å². The Morgan fingerprint density at radius 1 is 1.03 bits per heavy atom. The highest BCUT2D eigenvalue weighted by Crippen LogP contribution is 2.15. The topological polar surface area (TPSA) is 75.9 Å². The van der Waals surface area contributed by atoms with E-state index in [1.807, 2.05) is 17.0 Å². The first-order valence-corrected chi connectivity index (χ1v) is 9.76. The van der Waals surface area contributed by atoms with Crippen molar-refractivity contribution in [1.29, 1.82) is 0 Å². The highest BCUT2D eigenvalue weighted by Gasteiger charge is 2.19. The minimum atomic E-state index is -0.515. The van der Waals surface area contributed by atoms with Crippen molar-refractivity contribution >= 4 is 17.9 Å². The van der Waals surface area contributed by atoms with Crippen molar-refractivity contribution in [3.8, 4) is 5.75 Å². The minimum absolute atomic E-state index is 0.0228. The van der Waals surface area contributed by atoms with Gasteiger partial charge >= 0.3 is 0 Å². The first kappa shape index (κ1) is 20.6. The maximum absolute atomic E-state index is 12.5. The molecule has 1 aliphatic rings. The summed E-state index contributed by atoms with van der Waals surface area (Å²) in [7, 11) is 0. The zero-order chi connectivity index (χ0) is 20.6. The lowest BCUT2D eigenvalue weighted by Crippen LogP contribution is -2.47. The second-order valence-corrected chi connectivity index (χ2v) is 7.19. The summed E-state index contributed by atoms with van der Waals surface area (Å²) in [4.78, 5) is 27.5. The van der Waals surface area contributed by atoms with Gasteiger partial charge in [0.1, 0.15) is 5.75 Å². The van der Waals surface area contributed by atoms with E-state index in [1.54, 1.807) is 24.3 Å². The fourth-order valence-corrected chi connectivity index (χ4v) is 3.26. The lowest BCUT2D eigenvalue weighted by molar-refractivity contribution is -0.127. The van der Waals surface area contributed by atoms with Crippen molar-refractivity contribution in [3.63, 3.8) is 0 Å². The maximum Gasteiger partial charge on any atom is 0.255 e. The molecule has 0 spiro atoms. The molecule has 0 bridgehead atoms. The Balaban J connectivity index is 1.47. The summed E-state index contributed by atoms with van der Waals surface area (Å²) in [6.45, 7) is 6.12. The number of carbonyl (C=O) groups excluding carboxylic acids is 2. The molecule has 2 N–H and O–H groups in total. The van der Waals surface area contributed by atoms with E-state index < -0.39 is 5.91 Å². The molecule has 0 aromatic heterocycles. The van der Waals surface area contributed by atoms with E-state index >= 15 is 0 Å². The zero-order valence-corrected chi connectivity index (χ0v) is 16.7. The van der Waals surface area contributed by atoms with Crippen molar-refractivity contribution in [2.24, 2.45) is 5.73 Å². The van der Waals surface area contributed by atoms with Gasteiger partial charge in [-0.3, -0.25) is 14.5 Å². The summed E-state index contributed by atoms with van der Waals surface area (Å²) in [5.74, 6) is 0.0743. The van der Waals surface area contributed by atoms with E-state index in [1.165, 1.54) is 11.1 Å². The Labute approximate surface area is 171 Å². The number of amides is 2. The van der Waals surface area contributed by atoms with E-state index in [0.29, 0.717) is 5.75 Å². The standard InChI is InChI=1S/C23H27N3O3/c1-18-4-2-3-5-20(18)16-25-12-14-26(15-13-25)23(28)11-8-19-6-9-21(10-7-19)29-17-22(24)27/h2-11H,12-17H2,1H3,(H2,24,27)/b11-8+. The Morgan fingerprint density at radius 3 is 2.38 bits per heavy atom. The average molecular weight is 393 g/mol. The van der Waals surface area contributed by atoms with Gasteiger partial charge in [0.2, 0.25) is 5.91 Å². The molecule has 6 heteroatoms. The van der Waals surface area contributed by atoms with Crippen LogP contribution in [0.4, 0.5) is 0 Å². The van der Waals surface area contributed by atoms with E-state index in [-0.39, 0.29) is 12.5 Å². The quantitative estimate of drug-likeness (QED) is 0.732. The second-order valence-electron chi connectivity index (χ2n) is 7.19. The van der Waals surface area contributed by atoms with Crippen molar-refractivity contribution < 1.29 is 14.3 Å².